The first kappa shape index (κ1) is 12.8. The zero-order chi connectivity index (χ0) is 12.2. The molecule has 0 spiro atoms. The quantitative estimate of drug-likeness (QED) is 0.791. The molecule has 0 fully saturated rings. The van der Waals surface area contributed by atoms with E-state index in [-0.39, 0.29) is 19.6 Å². The minimum atomic E-state index is -1.03. The molecular formula is C12H13NO2Se. The van der Waals surface area contributed by atoms with Crippen LogP contribution in [0.15, 0.2) is 24.3 Å². The van der Waals surface area contributed by atoms with Gasteiger partial charge in [-0.3, -0.25) is 0 Å². The molecule has 0 aliphatic carbocycles. The molecular weight excluding hydrogens is 269 g/mol. The van der Waals surface area contributed by atoms with E-state index < -0.39 is 5.41 Å². The fourth-order valence-electron chi connectivity index (χ4n) is 1.36. The van der Waals surface area contributed by atoms with E-state index in [2.05, 4.69) is 6.07 Å². The summed E-state index contributed by atoms with van der Waals surface area (Å²) in [6.45, 7) is 1.67. The van der Waals surface area contributed by atoms with E-state index in [1.165, 1.54) is 0 Å². The number of hydrogen-bond acceptors (Lipinski definition) is 3. The number of ether oxygens (including phenoxy) is 1. The summed E-state index contributed by atoms with van der Waals surface area (Å²) < 4.78 is 5.03. The van der Waals surface area contributed by atoms with Crippen molar-refractivity contribution >= 4 is 19.6 Å². The van der Waals surface area contributed by atoms with Gasteiger partial charge in [-0.2, -0.15) is 0 Å². The third-order valence-electron chi connectivity index (χ3n) is 2.48. The average molecular weight is 282 g/mol. The Morgan fingerprint density at radius 1 is 1.44 bits per heavy atom. The molecule has 0 heterocycles. The SMILES string of the molecule is COc1ccc(C(C)(C#N)C(=O)[Se]C)cc1. The van der Waals surface area contributed by atoms with Gasteiger partial charge in [0.1, 0.15) is 0 Å². The van der Waals surface area contributed by atoms with Gasteiger partial charge in [-0.15, -0.1) is 0 Å². The zero-order valence-electron chi connectivity index (χ0n) is 9.48. The number of carbonyl (C=O) groups excluding carboxylic acids is 1. The number of hydrogen-bond donors (Lipinski definition) is 0. The van der Waals surface area contributed by atoms with Gasteiger partial charge >= 0.3 is 101 Å². The van der Waals surface area contributed by atoms with Crippen LogP contribution >= 0.6 is 0 Å². The van der Waals surface area contributed by atoms with Crippen molar-refractivity contribution in [2.75, 3.05) is 7.11 Å². The first-order valence-electron chi connectivity index (χ1n) is 4.72. The van der Waals surface area contributed by atoms with E-state index in [9.17, 15) is 10.1 Å². The Bertz CT molecular complexity index is 422. The van der Waals surface area contributed by atoms with Crippen LogP contribution in [0.4, 0.5) is 0 Å². The number of methoxy groups -OCH3 is 1. The fraction of sp³-hybridized carbons (Fsp3) is 0.333. The fourth-order valence-corrected chi connectivity index (χ4v) is 2.56. The molecule has 0 saturated heterocycles. The van der Waals surface area contributed by atoms with Crippen LogP contribution in [-0.2, 0) is 10.2 Å². The van der Waals surface area contributed by atoms with E-state index in [4.69, 9.17) is 4.74 Å². The number of nitriles is 1. The number of benzene rings is 1. The van der Waals surface area contributed by atoms with Crippen molar-refractivity contribution < 1.29 is 9.53 Å². The van der Waals surface area contributed by atoms with Gasteiger partial charge in [-0.25, -0.2) is 0 Å². The maximum atomic E-state index is 11.8. The van der Waals surface area contributed by atoms with Gasteiger partial charge < -0.3 is 0 Å². The van der Waals surface area contributed by atoms with Gasteiger partial charge in [0.25, 0.3) is 0 Å². The van der Waals surface area contributed by atoms with Crippen LogP contribution in [-0.4, -0.2) is 26.7 Å². The summed E-state index contributed by atoms with van der Waals surface area (Å²) >= 11 is -0.176. The molecule has 0 bridgehead atoms. The molecule has 0 aliphatic heterocycles. The monoisotopic (exact) mass is 283 g/mol. The molecule has 0 saturated carbocycles. The van der Waals surface area contributed by atoms with Gasteiger partial charge in [0.2, 0.25) is 0 Å². The van der Waals surface area contributed by atoms with Gasteiger partial charge in [-0.1, -0.05) is 0 Å². The van der Waals surface area contributed by atoms with Crippen molar-refractivity contribution in [1.29, 1.82) is 5.26 Å². The second-order valence-corrected chi connectivity index (χ2v) is 5.09. The molecule has 0 aromatic heterocycles. The number of carbonyl (C=O) groups is 1. The summed E-state index contributed by atoms with van der Waals surface area (Å²) in [6.07, 6.45) is 0. The summed E-state index contributed by atoms with van der Waals surface area (Å²) in [5.41, 5.74) is -0.300. The summed E-state index contributed by atoms with van der Waals surface area (Å²) in [7, 11) is 1.58. The van der Waals surface area contributed by atoms with Crippen molar-refractivity contribution in [3.8, 4) is 11.8 Å². The second kappa shape index (κ2) is 5.16. The summed E-state index contributed by atoms with van der Waals surface area (Å²) in [4.78, 5) is 11.8. The van der Waals surface area contributed by atoms with Crippen molar-refractivity contribution in [2.45, 2.75) is 18.2 Å². The molecule has 0 radical (unpaired) electrons. The summed E-state index contributed by atoms with van der Waals surface area (Å²) in [5.74, 6) is 2.55. The van der Waals surface area contributed by atoms with Gasteiger partial charge in [0.05, 0.1) is 0 Å². The molecule has 1 rings (SSSR count). The summed E-state index contributed by atoms with van der Waals surface area (Å²) in [6, 6.07) is 9.18. The first-order chi connectivity index (χ1) is 7.58. The molecule has 1 aromatic carbocycles. The van der Waals surface area contributed by atoms with Crippen LogP contribution in [0, 0.1) is 11.3 Å². The normalized spacial score (nSPS) is 13.6. The molecule has 1 aromatic rings. The van der Waals surface area contributed by atoms with Crippen LogP contribution in [0.3, 0.4) is 0 Å². The Kier molecular flexibility index (Phi) is 4.11. The van der Waals surface area contributed by atoms with E-state index >= 15 is 0 Å². The van der Waals surface area contributed by atoms with Crippen molar-refractivity contribution in [2.24, 2.45) is 0 Å². The third kappa shape index (κ3) is 2.27. The predicted octanol–water partition coefficient (Wildman–Crippen LogP) is 1.76. The van der Waals surface area contributed by atoms with E-state index in [0.717, 1.165) is 11.3 Å². The van der Waals surface area contributed by atoms with Crippen molar-refractivity contribution in [1.82, 2.24) is 0 Å². The summed E-state index contributed by atoms with van der Waals surface area (Å²) in [5, 5.41) is 9.17. The topological polar surface area (TPSA) is 50.1 Å². The number of nitrogens with zero attached hydrogens (tertiary/aromatic N) is 1. The Morgan fingerprint density at radius 2 is 2.00 bits per heavy atom. The van der Waals surface area contributed by atoms with Gasteiger partial charge in [0, 0.05) is 0 Å². The van der Waals surface area contributed by atoms with Gasteiger partial charge in [-0.05, 0) is 0 Å². The van der Waals surface area contributed by atoms with E-state index in [0.29, 0.717) is 0 Å². The molecule has 0 amide bonds. The minimum absolute atomic E-state index is 0.00679. The van der Waals surface area contributed by atoms with E-state index in [1.54, 1.807) is 38.3 Å². The van der Waals surface area contributed by atoms with Crippen LogP contribution in [0.1, 0.15) is 12.5 Å². The Balaban J connectivity index is 3.14. The van der Waals surface area contributed by atoms with Crippen LogP contribution < -0.4 is 4.74 Å². The standard InChI is InChI=1S/C12H13NO2Se/c1-12(8-13,11(14)16-3)9-4-6-10(15-2)7-5-9/h4-7H,1-3H3. The molecule has 1 unspecified atom stereocenters. The second-order valence-electron chi connectivity index (χ2n) is 3.46. The number of rotatable bonds is 4. The molecule has 4 heteroatoms. The van der Waals surface area contributed by atoms with Crippen LogP contribution in [0.5, 0.6) is 5.75 Å². The molecule has 3 nitrogen and oxygen atoms in total. The molecule has 16 heavy (non-hydrogen) atoms. The first-order valence-corrected chi connectivity index (χ1v) is 7.29. The molecule has 1 atom stereocenters. The molecule has 0 aliphatic rings. The van der Waals surface area contributed by atoms with Crippen LogP contribution in [0.2, 0.25) is 5.82 Å². The van der Waals surface area contributed by atoms with Crippen molar-refractivity contribution in [3.63, 3.8) is 0 Å². The van der Waals surface area contributed by atoms with Crippen LogP contribution in [0.25, 0.3) is 0 Å². The van der Waals surface area contributed by atoms with E-state index in [1.807, 2.05) is 5.82 Å². The Hall–Kier alpha value is -1.30. The predicted molar refractivity (Wildman–Crippen MR) is 62.6 cm³/mol. The Morgan fingerprint density at radius 3 is 2.38 bits per heavy atom. The average Bonchev–Trinajstić information content (AvgIpc) is 2.36. The molecule has 0 N–H and O–H groups in total. The van der Waals surface area contributed by atoms with Gasteiger partial charge in [0.15, 0.2) is 0 Å². The zero-order valence-corrected chi connectivity index (χ0v) is 11.2. The molecule has 84 valence electrons. The maximum absolute atomic E-state index is 11.8. The van der Waals surface area contributed by atoms with Crippen molar-refractivity contribution in [3.05, 3.63) is 29.8 Å². The Labute approximate surface area is 102 Å². The third-order valence-corrected chi connectivity index (χ3v) is 4.12.